The second-order valence-electron chi connectivity index (χ2n) is 8.73. The number of aromatic amines is 1. The Morgan fingerprint density at radius 2 is 1.87 bits per heavy atom. The second kappa shape index (κ2) is 7.52. The number of H-pyrrole nitrogens is 1. The monoisotopic (exact) mass is 405 g/mol. The van der Waals surface area contributed by atoms with E-state index in [0.717, 1.165) is 39.5 Å². The van der Waals surface area contributed by atoms with E-state index in [1.807, 2.05) is 39.0 Å². The molecule has 6 nitrogen and oxygen atoms in total. The highest BCUT2D eigenvalue weighted by molar-refractivity contribution is 6.09. The van der Waals surface area contributed by atoms with Crippen LogP contribution in [0.4, 0.5) is 10.5 Å². The molecule has 0 saturated heterocycles. The van der Waals surface area contributed by atoms with Gasteiger partial charge in [-0.3, -0.25) is 4.79 Å². The summed E-state index contributed by atoms with van der Waals surface area (Å²) in [7, 11) is 0. The molecule has 0 aliphatic carbocycles. The van der Waals surface area contributed by atoms with Crippen LogP contribution in [0, 0.1) is 0 Å². The SMILES string of the molecule is CC(=O)Nc1ccc2c(c1)[nH]c1ccc(C3=CCN(C(=O)OC(C)(C)C)CC3)cc12. The van der Waals surface area contributed by atoms with Crippen LogP contribution in [0.25, 0.3) is 27.4 Å². The highest BCUT2D eigenvalue weighted by atomic mass is 16.6. The Bertz CT molecular complexity index is 1170. The smallest absolute Gasteiger partial charge is 0.410 e. The molecule has 1 aliphatic rings. The van der Waals surface area contributed by atoms with Crippen LogP contribution >= 0.6 is 0 Å². The number of benzene rings is 2. The number of carbonyl (C=O) groups excluding carboxylic acids is 2. The van der Waals surface area contributed by atoms with Gasteiger partial charge in [0.15, 0.2) is 0 Å². The van der Waals surface area contributed by atoms with E-state index < -0.39 is 5.60 Å². The molecule has 0 atom stereocenters. The van der Waals surface area contributed by atoms with Crippen molar-refractivity contribution in [2.45, 2.75) is 39.7 Å². The summed E-state index contributed by atoms with van der Waals surface area (Å²) in [4.78, 5) is 28.8. The Kier molecular flexibility index (Phi) is 5.02. The van der Waals surface area contributed by atoms with E-state index in [1.165, 1.54) is 12.5 Å². The lowest BCUT2D eigenvalue weighted by molar-refractivity contribution is -0.114. The summed E-state index contributed by atoms with van der Waals surface area (Å²) >= 11 is 0. The van der Waals surface area contributed by atoms with Crippen molar-refractivity contribution in [2.75, 3.05) is 18.4 Å². The predicted molar refractivity (Wildman–Crippen MR) is 121 cm³/mol. The number of carbonyl (C=O) groups is 2. The normalized spacial score (nSPS) is 14.7. The van der Waals surface area contributed by atoms with Gasteiger partial charge in [-0.25, -0.2) is 4.79 Å². The molecule has 1 aliphatic heterocycles. The van der Waals surface area contributed by atoms with E-state index in [4.69, 9.17) is 4.74 Å². The quantitative estimate of drug-likeness (QED) is 0.607. The number of hydrogen-bond acceptors (Lipinski definition) is 3. The molecule has 0 saturated carbocycles. The molecule has 0 spiro atoms. The van der Waals surface area contributed by atoms with Crippen molar-refractivity contribution < 1.29 is 14.3 Å². The lowest BCUT2D eigenvalue weighted by Gasteiger charge is -2.29. The molecule has 6 heteroatoms. The predicted octanol–water partition coefficient (Wildman–Crippen LogP) is 5.30. The summed E-state index contributed by atoms with van der Waals surface area (Å²) in [5.41, 5.74) is 4.74. The number of anilines is 1. The number of hydrogen-bond donors (Lipinski definition) is 2. The minimum atomic E-state index is -0.485. The highest BCUT2D eigenvalue weighted by Gasteiger charge is 2.24. The largest absolute Gasteiger partial charge is 0.444 e. The van der Waals surface area contributed by atoms with Crippen LogP contribution < -0.4 is 5.32 Å². The third-order valence-electron chi connectivity index (χ3n) is 5.15. The van der Waals surface area contributed by atoms with Crippen LogP contribution in [0.1, 0.15) is 39.7 Å². The minimum absolute atomic E-state index is 0.0857. The molecule has 2 N–H and O–H groups in total. The molecule has 156 valence electrons. The number of fused-ring (bicyclic) bond motifs is 3. The number of rotatable bonds is 2. The lowest BCUT2D eigenvalue weighted by Crippen LogP contribution is -2.39. The van der Waals surface area contributed by atoms with E-state index in [9.17, 15) is 9.59 Å². The maximum absolute atomic E-state index is 12.3. The van der Waals surface area contributed by atoms with Gasteiger partial charge in [-0.05, 0) is 62.6 Å². The fourth-order valence-corrected chi connectivity index (χ4v) is 3.81. The molecule has 2 aromatic carbocycles. The van der Waals surface area contributed by atoms with Crippen molar-refractivity contribution in [1.82, 2.24) is 9.88 Å². The topological polar surface area (TPSA) is 74.4 Å². The van der Waals surface area contributed by atoms with E-state index in [2.05, 4.69) is 34.6 Å². The summed E-state index contributed by atoms with van der Waals surface area (Å²) < 4.78 is 5.47. The summed E-state index contributed by atoms with van der Waals surface area (Å²) in [5, 5.41) is 5.09. The van der Waals surface area contributed by atoms with E-state index in [1.54, 1.807) is 4.90 Å². The first-order chi connectivity index (χ1) is 14.2. The van der Waals surface area contributed by atoms with Gasteiger partial charge in [0.1, 0.15) is 5.60 Å². The Balaban J connectivity index is 1.58. The zero-order valence-corrected chi connectivity index (χ0v) is 17.8. The fourth-order valence-electron chi connectivity index (χ4n) is 3.81. The molecular weight excluding hydrogens is 378 g/mol. The zero-order valence-electron chi connectivity index (χ0n) is 17.8. The van der Waals surface area contributed by atoms with Gasteiger partial charge in [0, 0.05) is 47.5 Å². The maximum atomic E-state index is 12.3. The molecule has 0 unspecified atom stereocenters. The lowest BCUT2D eigenvalue weighted by atomic mass is 9.98. The Morgan fingerprint density at radius 3 is 2.53 bits per heavy atom. The molecular formula is C24H27N3O3. The molecule has 4 rings (SSSR count). The van der Waals surface area contributed by atoms with Gasteiger partial charge >= 0.3 is 6.09 Å². The molecule has 0 fully saturated rings. The minimum Gasteiger partial charge on any atom is -0.444 e. The van der Waals surface area contributed by atoms with Gasteiger partial charge in [0.25, 0.3) is 0 Å². The highest BCUT2D eigenvalue weighted by Crippen LogP contribution is 2.32. The van der Waals surface area contributed by atoms with Crippen LogP contribution in [0.5, 0.6) is 0 Å². The number of nitrogens with one attached hydrogen (secondary N) is 2. The van der Waals surface area contributed by atoms with Crippen LogP contribution in [0.15, 0.2) is 42.5 Å². The first-order valence-corrected chi connectivity index (χ1v) is 10.2. The van der Waals surface area contributed by atoms with Crippen molar-refractivity contribution in [2.24, 2.45) is 0 Å². The third-order valence-corrected chi connectivity index (χ3v) is 5.15. The van der Waals surface area contributed by atoms with Gasteiger partial charge in [-0.1, -0.05) is 18.2 Å². The molecule has 2 heterocycles. The molecule has 0 radical (unpaired) electrons. The summed E-state index contributed by atoms with van der Waals surface area (Å²) in [6.45, 7) is 8.34. The number of aromatic nitrogens is 1. The average molecular weight is 405 g/mol. The fraction of sp³-hybridized carbons (Fsp3) is 0.333. The van der Waals surface area contributed by atoms with E-state index >= 15 is 0 Å². The molecule has 0 bridgehead atoms. The molecule has 1 aromatic heterocycles. The van der Waals surface area contributed by atoms with Crippen molar-refractivity contribution in [3.05, 3.63) is 48.0 Å². The van der Waals surface area contributed by atoms with E-state index in [0.29, 0.717) is 13.1 Å². The van der Waals surface area contributed by atoms with Gasteiger partial charge in [-0.2, -0.15) is 0 Å². The molecule has 3 aromatic rings. The van der Waals surface area contributed by atoms with Crippen molar-refractivity contribution in [3.8, 4) is 0 Å². The van der Waals surface area contributed by atoms with Crippen molar-refractivity contribution >= 4 is 45.1 Å². The zero-order chi connectivity index (χ0) is 21.5. The maximum Gasteiger partial charge on any atom is 0.410 e. The van der Waals surface area contributed by atoms with Gasteiger partial charge in [0.2, 0.25) is 5.91 Å². The van der Waals surface area contributed by atoms with Gasteiger partial charge < -0.3 is 19.9 Å². The Labute approximate surface area is 175 Å². The Morgan fingerprint density at radius 1 is 1.07 bits per heavy atom. The van der Waals surface area contributed by atoms with Crippen molar-refractivity contribution in [1.29, 1.82) is 0 Å². The van der Waals surface area contributed by atoms with Gasteiger partial charge in [0.05, 0.1) is 0 Å². The van der Waals surface area contributed by atoms with Crippen molar-refractivity contribution in [3.63, 3.8) is 0 Å². The van der Waals surface area contributed by atoms with Crippen LogP contribution in [-0.2, 0) is 9.53 Å². The Hall–Kier alpha value is -3.28. The van der Waals surface area contributed by atoms with Gasteiger partial charge in [-0.15, -0.1) is 0 Å². The first-order valence-electron chi connectivity index (χ1n) is 10.2. The summed E-state index contributed by atoms with van der Waals surface area (Å²) in [5.74, 6) is -0.0857. The van der Waals surface area contributed by atoms with Crippen LogP contribution in [-0.4, -0.2) is 40.6 Å². The summed E-state index contributed by atoms with van der Waals surface area (Å²) in [6.07, 6.45) is 2.64. The van der Waals surface area contributed by atoms with E-state index in [-0.39, 0.29) is 12.0 Å². The average Bonchev–Trinajstić information content (AvgIpc) is 3.03. The standard InChI is InChI=1S/C24H27N3O3/c1-15(28)25-18-6-7-19-20-13-17(5-8-21(20)26-22(19)14-18)16-9-11-27(12-10-16)23(29)30-24(2,3)4/h5-9,13-14,26H,10-12H2,1-4H3,(H,25,28). The molecule has 30 heavy (non-hydrogen) atoms. The first kappa shape index (κ1) is 20.0. The third kappa shape index (κ3) is 4.17. The number of ether oxygens (including phenoxy) is 1. The number of nitrogens with zero attached hydrogens (tertiary/aromatic N) is 1. The number of amides is 2. The van der Waals surface area contributed by atoms with Crippen LogP contribution in [0.2, 0.25) is 0 Å². The second-order valence-corrected chi connectivity index (χ2v) is 8.73. The summed E-state index contributed by atoms with van der Waals surface area (Å²) in [6, 6.07) is 12.3. The van der Waals surface area contributed by atoms with Crippen LogP contribution in [0.3, 0.4) is 0 Å². The molecule has 2 amide bonds.